The van der Waals surface area contributed by atoms with Crippen molar-refractivity contribution in [3.05, 3.63) is 0 Å². The van der Waals surface area contributed by atoms with E-state index in [9.17, 15) is 9.59 Å². The molecular formula is C6H8ClNO4. The van der Waals surface area contributed by atoms with Crippen LogP contribution in [0.1, 0.15) is 19.8 Å². The Bertz CT molecular complexity index is 214. The molecule has 68 valence electrons. The lowest BCUT2D eigenvalue weighted by atomic mass is 10.3. The molecule has 0 fully saturated rings. The van der Waals surface area contributed by atoms with Crippen LogP contribution in [0.3, 0.4) is 0 Å². The van der Waals surface area contributed by atoms with Gasteiger partial charge in [0.25, 0.3) is 0 Å². The van der Waals surface area contributed by atoms with Gasteiger partial charge in [0.05, 0.1) is 6.42 Å². The van der Waals surface area contributed by atoms with Gasteiger partial charge >= 0.3 is 11.9 Å². The van der Waals surface area contributed by atoms with Gasteiger partial charge in [-0.1, -0.05) is 16.8 Å². The molecule has 0 aliphatic heterocycles. The monoisotopic (exact) mass is 193 g/mol. The van der Waals surface area contributed by atoms with E-state index in [1.807, 2.05) is 0 Å². The van der Waals surface area contributed by atoms with E-state index < -0.39 is 11.9 Å². The fourth-order valence-electron chi connectivity index (χ4n) is 0.370. The average Bonchev–Trinajstić information content (AvgIpc) is 1.96. The van der Waals surface area contributed by atoms with E-state index in [0.29, 0.717) is 0 Å². The van der Waals surface area contributed by atoms with Crippen LogP contribution in [0.4, 0.5) is 0 Å². The van der Waals surface area contributed by atoms with Crippen LogP contribution in [-0.4, -0.2) is 22.2 Å². The van der Waals surface area contributed by atoms with Gasteiger partial charge in [-0.15, -0.1) is 0 Å². The molecule has 0 bridgehead atoms. The lowest BCUT2D eigenvalue weighted by Crippen LogP contribution is -2.00. The number of carbonyl (C=O) groups excluding carboxylic acids is 1. The second kappa shape index (κ2) is 5.54. The molecule has 0 heterocycles. The molecule has 0 aromatic carbocycles. The maximum atomic E-state index is 10.2. The summed E-state index contributed by atoms with van der Waals surface area (Å²) >= 11 is 5.38. The van der Waals surface area contributed by atoms with E-state index in [0.717, 1.165) is 0 Å². The van der Waals surface area contributed by atoms with Gasteiger partial charge in [0.15, 0.2) is 0 Å². The zero-order chi connectivity index (χ0) is 9.56. The first-order valence-corrected chi connectivity index (χ1v) is 3.52. The highest BCUT2D eigenvalue weighted by atomic mass is 35.5. The third kappa shape index (κ3) is 7.01. The van der Waals surface area contributed by atoms with Crippen LogP contribution in [0.5, 0.6) is 0 Å². The third-order valence-electron chi connectivity index (χ3n) is 0.818. The van der Waals surface area contributed by atoms with Crippen molar-refractivity contribution < 1.29 is 19.5 Å². The van der Waals surface area contributed by atoms with Crippen molar-refractivity contribution in [1.82, 2.24) is 0 Å². The Balaban J connectivity index is 3.70. The van der Waals surface area contributed by atoms with Gasteiger partial charge in [-0.2, -0.15) is 0 Å². The lowest BCUT2D eigenvalue weighted by molar-refractivity contribution is -0.140. The summed E-state index contributed by atoms with van der Waals surface area (Å²) in [5.74, 6) is -1.57. The summed E-state index contributed by atoms with van der Waals surface area (Å²) < 4.78 is 0. The summed E-state index contributed by atoms with van der Waals surface area (Å²) in [6.45, 7) is 1.17. The standard InChI is InChI=1S/C6H8ClNO4/c1-4(9)12-8-5(7)2-3-6(10)11/h2-3H2,1H3,(H,10,11). The normalized spacial score (nSPS) is 11.0. The Morgan fingerprint density at radius 3 is 2.50 bits per heavy atom. The molecule has 12 heavy (non-hydrogen) atoms. The van der Waals surface area contributed by atoms with E-state index in [1.54, 1.807) is 0 Å². The summed E-state index contributed by atoms with van der Waals surface area (Å²) in [5.41, 5.74) is 0. The van der Waals surface area contributed by atoms with Crippen LogP contribution in [0.25, 0.3) is 0 Å². The van der Waals surface area contributed by atoms with Crippen molar-refractivity contribution in [2.24, 2.45) is 5.16 Å². The van der Waals surface area contributed by atoms with E-state index >= 15 is 0 Å². The van der Waals surface area contributed by atoms with Gasteiger partial charge in [0.2, 0.25) is 0 Å². The molecule has 0 aliphatic rings. The molecule has 0 radical (unpaired) electrons. The van der Waals surface area contributed by atoms with E-state index in [2.05, 4.69) is 9.99 Å². The fourth-order valence-corrected chi connectivity index (χ4v) is 0.499. The summed E-state index contributed by atoms with van der Waals surface area (Å²) in [6, 6.07) is 0. The Morgan fingerprint density at radius 1 is 1.50 bits per heavy atom. The second-order valence-corrected chi connectivity index (χ2v) is 2.38. The number of oxime groups is 1. The molecule has 6 heteroatoms. The zero-order valence-corrected chi connectivity index (χ0v) is 7.17. The summed E-state index contributed by atoms with van der Waals surface area (Å²) in [4.78, 5) is 24.4. The van der Waals surface area contributed by atoms with E-state index in [-0.39, 0.29) is 18.0 Å². The number of rotatable bonds is 4. The van der Waals surface area contributed by atoms with Gasteiger partial charge < -0.3 is 9.94 Å². The van der Waals surface area contributed by atoms with Crippen molar-refractivity contribution in [3.8, 4) is 0 Å². The van der Waals surface area contributed by atoms with Gasteiger partial charge in [0, 0.05) is 13.3 Å². The molecule has 0 spiro atoms. The zero-order valence-electron chi connectivity index (χ0n) is 6.41. The minimum Gasteiger partial charge on any atom is -0.481 e. The molecule has 0 unspecified atom stereocenters. The fraction of sp³-hybridized carbons (Fsp3) is 0.500. The number of hydrogen-bond donors (Lipinski definition) is 1. The molecule has 0 aromatic rings. The Labute approximate surface area is 73.9 Å². The highest BCUT2D eigenvalue weighted by molar-refractivity contribution is 6.65. The van der Waals surface area contributed by atoms with Crippen LogP contribution >= 0.6 is 11.6 Å². The number of halogens is 1. The molecule has 0 saturated carbocycles. The molecule has 0 saturated heterocycles. The molecule has 0 atom stereocenters. The molecular weight excluding hydrogens is 186 g/mol. The van der Waals surface area contributed by atoms with Crippen molar-refractivity contribution in [2.75, 3.05) is 0 Å². The van der Waals surface area contributed by atoms with Gasteiger partial charge in [-0.3, -0.25) is 4.79 Å². The van der Waals surface area contributed by atoms with Crippen LogP contribution in [0.15, 0.2) is 5.16 Å². The minimum absolute atomic E-state index is 0.0346. The molecule has 0 aliphatic carbocycles. The molecule has 5 nitrogen and oxygen atoms in total. The van der Waals surface area contributed by atoms with Crippen molar-refractivity contribution in [1.29, 1.82) is 0 Å². The van der Waals surface area contributed by atoms with Gasteiger partial charge in [-0.25, -0.2) is 4.79 Å². The third-order valence-corrected chi connectivity index (χ3v) is 1.08. The smallest absolute Gasteiger partial charge is 0.332 e. The first-order valence-electron chi connectivity index (χ1n) is 3.14. The van der Waals surface area contributed by atoms with Crippen LogP contribution in [0.2, 0.25) is 0 Å². The summed E-state index contributed by atoms with van der Waals surface area (Å²) in [6.07, 6.45) is -0.0756. The van der Waals surface area contributed by atoms with E-state index in [1.165, 1.54) is 6.92 Å². The highest BCUT2D eigenvalue weighted by Crippen LogP contribution is 1.98. The summed E-state index contributed by atoms with van der Waals surface area (Å²) in [5, 5.41) is 11.3. The molecule has 0 aromatic heterocycles. The number of aliphatic carboxylic acids is 1. The van der Waals surface area contributed by atoms with Gasteiger partial charge in [0.1, 0.15) is 5.17 Å². The number of nitrogens with zero attached hydrogens (tertiary/aromatic N) is 1. The average molecular weight is 194 g/mol. The lowest BCUT2D eigenvalue weighted by Gasteiger charge is -1.93. The first-order chi connectivity index (χ1) is 5.52. The van der Waals surface area contributed by atoms with E-state index in [4.69, 9.17) is 16.7 Å². The summed E-state index contributed by atoms with van der Waals surface area (Å²) in [7, 11) is 0. The van der Waals surface area contributed by atoms with Crippen LogP contribution in [0, 0.1) is 0 Å². The number of hydrogen-bond acceptors (Lipinski definition) is 4. The maximum Gasteiger partial charge on any atom is 0.332 e. The Hall–Kier alpha value is -1.10. The predicted molar refractivity (Wildman–Crippen MR) is 41.9 cm³/mol. The molecule has 0 amide bonds. The first kappa shape index (κ1) is 10.9. The Kier molecular flexibility index (Phi) is 5.03. The molecule has 0 rings (SSSR count). The quantitative estimate of drug-likeness (QED) is 0.410. The van der Waals surface area contributed by atoms with Crippen molar-refractivity contribution in [3.63, 3.8) is 0 Å². The van der Waals surface area contributed by atoms with Gasteiger partial charge in [-0.05, 0) is 0 Å². The largest absolute Gasteiger partial charge is 0.481 e. The van der Waals surface area contributed by atoms with Crippen molar-refractivity contribution >= 4 is 28.7 Å². The Morgan fingerprint density at radius 2 is 2.08 bits per heavy atom. The minimum atomic E-state index is -0.980. The van der Waals surface area contributed by atoms with Crippen molar-refractivity contribution in [2.45, 2.75) is 19.8 Å². The predicted octanol–water partition coefficient (Wildman–Crippen LogP) is 0.967. The van der Waals surface area contributed by atoms with Crippen LogP contribution < -0.4 is 0 Å². The number of carbonyl (C=O) groups is 2. The number of carboxylic acids is 1. The molecule has 1 N–H and O–H groups in total. The van der Waals surface area contributed by atoms with Crippen LogP contribution in [-0.2, 0) is 14.4 Å². The maximum absolute atomic E-state index is 10.2. The number of carboxylic acid groups (broad SMARTS) is 1. The highest BCUT2D eigenvalue weighted by Gasteiger charge is 2.01. The SMILES string of the molecule is CC(=O)ON=C(Cl)CCC(=O)O. The second-order valence-electron chi connectivity index (χ2n) is 1.94. The topological polar surface area (TPSA) is 76.0 Å².